The molecule has 1 aromatic rings. The van der Waals surface area contributed by atoms with E-state index in [4.69, 9.17) is 9.47 Å². The molecule has 0 unspecified atom stereocenters. The van der Waals surface area contributed by atoms with Gasteiger partial charge >= 0.3 is 0 Å². The lowest BCUT2D eigenvalue weighted by atomic mass is 10.1. The molecule has 0 spiro atoms. The third-order valence-electron chi connectivity index (χ3n) is 3.18. The molecule has 0 atom stereocenters. The van der Waals surface area contributed by atoms with Gasteiger partial charge in [-0.05, 0) is 36.4 Å². The summed E-state index contributed by atoms with van der Waals surface area (Å²) in [7, 11) is 3.01. The van der Waals surface area contributed by atoms with E-state index in [1.807, 2.05) is 0 Å². The van der Waals surface area contributed by atoms with Crippen molar-refractivity contribution in [3.05, 3.63) is 27.1 Å². The molecule has 2 amide bonds. The van der Waals surface area contributed by atoms with Crippen molar-refractivity contribution in [3.63, 3.8) is 0 Å². The first-order valence-electron chi connectivity index (χ1n) is 6.78. The van der Waals surface area contributed by atoms with Crippen LogP contribution in [-0.2, 0) is 9.53 Å². The minimum atomic E-state index is -0.366. The number of hydrogen-bond acceptors (Lipinski definition) is 6. The lowest BCUT2D eigenvalue weighted by molar-refractivity contribution is -0.122. The van der Waals surface area contributed by atoms with Crippen molar-refractivity contribution in [1.82, 2.24) is 4.90 Å². The third-order valence-corrected chi connectivity index (χ3v) is 4.54. The fourth-order valence-corrected chi connectivity index (χ4v) is 3.37. The lowest BCUT2D eigenvalue weighted by Gasteiger charge is -2.11. The number of phenolic OH excluding ortho intramolecular Hbond substituents is 1. The zero-order chi connectivity index (χ0) is 17.0. The molecule has 6 nitrogen and oxygen atoms in total. The average Bonchev–Trinajstić information content (AvgIpc) is 2.78. The average molecular weight is 402 g/mol. The maximum Gasteiger partial charge on any atom is 0.293 e. The predicted octanol–water partition coefficient (Wildman–Crippen LogP) is 3.24. The van der Waals surface area contributed by atoms with Crippen molar-refractivity contribution in [2.45, 2.75) is 6.42 Å². The Morgan fingerprint density at radius 1 is 1.35 bits per heavy atom. The van der Waals surface area contributed by atoms with Gasteiger partial charge < -0.3 is 14.6 Å². The minimum Gasteiger partial charge on any atom is -0.504 e. The lowest BCUT2D eigenvalue weighted by Crippen LogP contribution is -2.29. The summed E-state index contributed by atoms with van der Waals surface area (Å²) in [5.41, 5.74) is 0.401. The monoisotopic (exact) mass is 401 g/mol. The van der Waals surface area contributed by atoms with Gasteiger partial charge in [-0.2, -0.15) is 0 Å². The van der Waals surface area contributed by atoms with Crippen LogP contribution in [0.15, 0.2) is 21.5 Å². The van der Waals surface area contributed by atoms with Gasteiger partial charge in [-0.1, -0.05) is 15.9 Å². The van der Waals surface area contributed by atoms with E-state index in [0.717, 1.165) is 11.8 Å². The van der Waals surface area contributed by atoms with Crippen LogP contribution < -0.4 is 4.74 Å². The first-order valence-corrected chi connectivity index (χ1v) is 8.39. The maximum absolute atomic E-state index is 12.3. The van der Waals surface area contributed by atoms with Crippen molar-refractivity contribution in [1.29, 1.82) is 0 Å². The summed E-state index contributed by atoms with van der Waals surface area (Å²) in [6.07, 6.45) is 2.07. The number of carbonyl (C=O) groups is 2. The molecule has 124 valence electrons. The highest BCUT2D eigenvalue weighted by Gasteiger charge is 2.34. The second-order valence-corrected chi connectivity index (χ2v) is 6.63. The number of amides is 2. The molecule has 1 aliphatic heterocycles. The van der Waals surface area contributed by atoms with Gasteiger partial charge in [0.25, 0.3) is 11.1 Å². The normalized spacial score (nSPS) is 16.5. The number of benzene rings is 1. The van der Waals surface area contributed by atoms with Crippen molar-refractivity contribution < 1.29 is 24.2 Å². The van der Waals surface area contributed by atoms with Crippen molar-refractivity contribution in [2.24, 2.45) is 0 Å². The number of imide groups is 1. The molecule has 1 saturated heterocycles. The van der Waals surface area contributed by atoms with Gasteiger partial charge in [0.2, 0.25) is 0 Å². The molecule has 2 rings (SSSR count). The molecule has 0 radical (unpaired) electrons. The summed E-state index contributed by atoms with van der Waals surface area (Å²) < 4.78 is 10.7. The molecule has 0 aliphatic carbocycles. The largest absolute Gasteiger partial charge is 0.504 e. The second-order valence-electron chi connectivity index (χ2n) is 4.73. The number of hydrogen-bond donors (Lipinski definition) is 1. The Morgan fingerprint density at radius 2 is 2.09 bits per heavy atom. The Morgan fingerprint density at radius 3 is 2.74 bits per heavy atom. The number of halogens is 1. The number of thioether (sulfide) groups is 1. The molecule has 0 saturated carbocycles. The maximum atomic E-state index is 12.3. The van der Waals surface area contributed by atoms with Gasteiger partial charge in [-0.3, -0.25) is 14.5 Å². The smallest absolute Gasteiger partial charge is 0.293 e. The van der Waals surface area contributed by atoms with Crippen LogP contribution in [0.5, 0.6) is 11.5 Å². The Kier molecular flexibility index (Phi) is 6.09. The van der Waals surface area contributed by atoms with E-state index in [9.17, 15) is 14.7 Å². The Labute approximate surface area is 146 Å². The summed E-state index contributed by atoms with van der Waals surface area (Å²) >= 11 is 4.17. The van der Waals surface area contributed by atoms with Gasteiger partial charge in [-0.25, -0.2) is 0 Å². The number of carbonyl (C=O) groups excluding carboxylic acids is 2. The van der Waals surface area contributed by atoms with Crippen LogP contribution in [-0.4, -0.2) is 48.5 Å². The fourth-order valence-electron chi connectivity index (χ4n) is 2.06. The van der Waals surface area contributed by atoms with E-state index >= 15 is 0 Å². The van der Waals surface area contributed by atoms with Crippen LogP contribution in [0.1, 0.15) is 12.0 Å². The number of ether oxygens (including phenoxy) is 2. The van der Waals surface area contributed by atoms with Crippen LogP contribution in [0.2, 0.25) is 0 Å². The van der Waals surface area contributed by atoms with E-state index in [2.05, 4.69) is 15.9 Å². The molecule has 8 heteroatoms. The van der Waals surface area contributed by atoms with Gasteiger partial charge in [0.1, 0.15) is 0 Å². The predicted molar refractivity (Wildman–Crippen MR) is 91.5 cm³/mol. The minimum absolute atomic E-state index is 0.0816. The van der Waals surface area contributed by atoms with Crippen molar-refractivity contribution in [3.8, 4) is 11.5 Å². The van der Waals surface area contributed by atoms with Crippen LogP contribution >= 0.6 is 27.7 Å². The Hall–Kier alpha value is -1.51. The number of aromatic hydroxyl groups is 1. The van der Waals surface area contributed by atoms with Crippen LogP contribution in [0.3, 0.4) is 0 Å². The molecule has 1 fully saturated rings. The molecular formula is C15H16BrNO5S. The van der Waals surface area contributed by atoms with E-state index in [1.54, 1.807) is 19.2 Å². The molecule has 0 bridgehead atoms. The van der Waals surface area contributed by atoms with Crippen LogP contribution in [0, 0.1) is 0 Å². The van der Waals surface area contributed by atoms with E-state index in [0.29, 0.717) is 29.6 Å². The van der Waals surface area contributed by atoms with E-state index in [-0.39, 0.29) is 27.6 Å². The molecule has 1 aliphatic rings. The summed E-state index contributed by atoms with van der Waals surface area (Å²) in [4.78, 5) is 25.7. The highest BCUT2D eigenvalue weighted by molar-refractivity contribution is 9.10. The molecule has 1 aromatic carbocycles. The highest BCUT2D eigenvalue weighted by atomic mass is 79.9. The highest BCUT2D eigenvalue weighted by Crippen LogP contribution is 2.38. The summed E-state index contributed by atoms with van der Waals surface area (Å²) in [6.45, 7) is 0.786. The van der Waals surface area contributed by atoms with Crippen molar-refractivity contribution >= 4 is 44.9 Å². The zero-order valence-corrected chi connectivity index (χ0v) is 15.1. The SMILES string of the molecule is COCCCN1C(=O)S/C(=C/c2cc(Br)cc(OC)c2O)C1=O. The van der Waals surface area contributed by atoms with Gasteiger partial charge in [0.05, 0.1) is 12.0 Å². The number of phenols is 1. The van der Waals surface area contributed by atoms with Crippen molar-refractivity contribution in [2.75, 3.05) is 27.4 Å². The number of methoxy groups -OCH3 is 2. The molecule has 1 N–H and O–H groups in total. The van der Waals surface area contributed by atoms with E-state index in [1.165, 1.54) is 18.1 Å². The standard InChI is InChI=1S/C15H16BrNO5S/c1-21-5-3-4-17-14(19)12(23-15(17)20)7-9-6-10(16)8-11(22-2)13(9)18/h6-8,18H,3-5H2,1-2H3/b12-7+. The molecule has 1 heterocycles. The summed E-state index contributed by atoms with van der Waals surface area (Å²) in [5.74, 6) is -0.165. The molecule has 23 heavy (non-hydrogen) atoms. The Bertz CT molecular complexity index is 662. The first-order chi connectivity index (χ1) is 11.0. The number of nitrogens with zero attached hydrogens (tertiary/aromatic N) is 1. The zero-order valence-electron chi connectivity index (χ0n) is 12.7. The van der Waals surface area contributed by atoms with Gasteiger partial charge in [0.15, 0.2) is 11.5 Å². The quantitative estimate of drug-likeness (QED) is 0.582. The summed E-state index contributed by atoms with van der Waals surface area (Å²) in [6, 6.07) is 3.26. The topological polar surface area (TPSA) is 76.1 Å². The van der Waals surface area contributed by atoms with Crippen LogP contribution in [0.25, 0.3) is 6.08 Å². The second kappa shape index (κ2) is 7.85. The third kappa shape index (κ3) is 4.07. The Balaban J connectivity index is 2.26. The number of rotatable bonds is 6. The summed E-state index contributed by atoms with van der Waals surface area (Å²) in [5, 5.41) is 9.82. The molecule has 0 aromatic heterocycles. The van der Waals surface area contributed by atoms with Gasteiger partial charge in [0, 0.05) is 30.3 Å². The van der Waals surface area contributed by atoms with Gasteiger partial charge in [-0.15, -0.1) is 0 Å². The van der Waals surface area contributed by atoms with Crippen LogP contribution in [0.4, 0.5) is 4.79 Å². The first kappa shape index (κ1) is 17.8. The molecular weight excluding hydrogens is 386 g/mol. The fraction of sp³-hybridized carbons (Fsp3) is 0.333. The van der Waals surface area contributed by atoms with E-state index < -0.39 is 0 Å².